The lowest BCUT2D eigenvalue weighted by atomic mass is 9.97. The molecule has 270 valence electrons. The third-order valence-corrected chi connectivity index (χ3v) is 9.38. The summed E-state index contributed by atoms with van der Waals surface area (Å²) in [6.45, 7) is 0. The second kappa shape index (κ2) is 17.4. The highest BCUT2D eigenvalue weighted by atomic mass is 16.5. The van der Waals surface area contributed by atoms with Gasteiger partial charge in [-0.2, -0.15) is 10.5 Å². The molecule has 56 heavy (non-hydrogen) atoms. The highest BCUT2D eigenvalue weighted by molar-refractivity contribution is 5.90. The van der Waals surface area contributed by atoms with Crippen LogP contribution in [0.25, 0.3) is 24.3 Å². The molecule has 7 rings (SSSR count). The van der Waals surface area contributed by atoms with Crippen LogP contribution in [0.5, 0.6) is 11.5 Å². The molecule has 7 aromatic carbocycles. The van der Waals surface area contributed by atoms with Crippen LogP contribution >= 0.6 is 0 Å². The molecule has 0 saturated carbocycles. The maximum Gasteiger partial charge on any atom is 0.142 e. The Balaban J connectivity index is 1.26. The molecule has 6 nitrogen and oxygen atoms in total. The van der Waals surface area contributed by atoms with E-state index in [1.54, 1.807) is 26.4 Å². The molecule has 0 heterocycles. The van der Waals surface area contributed by atoms with E-state index in [1.807, 2.05) is 146 Å². The van der Waals surface area contributed by atoms with Crippen LogP contribution in [0.15, 0.2) is 170 Å². The second-order valence-electron chi connectivity index (χ2n) is 12.7. The zero-order chi connectivity index (χ0) is 38.7. The minimum Gasteiger partial charge on any atom is -0.495 e. The summed E-state index contributed by atoms with van der Waals surface area (Å²) in [6.07, 6.45) is 7.77. The molecule has 7 aromatic rings. The van der Waals surface area contributed by atoms with Gasteiger partial charge < -0.3 is 19.3 Å². The number of ether oxygens (including phenoxy) is 2. The van der Waals surface area contributed by atoms with E-state index in [0.717, 1.165) is 56.8 Å². The topological polar surface area (TPSA) is 72.5 Å². The molecule has 0 aromatic heterocycles. The molecule has 0 radical (unpaired) electrons. The van der Waals surface area contributed by atoms with Crippen molar-refractivity contribution < 1.29 is 9.47 Å². The average molecular weight is 727 g/mol. The predicted molar refractivity (Wildman–Crippen MR) is 229 cm³/mol. The fourth-order valence-corrected chi connectivity index (χ4v) is 6.72. The zero-order valence-corrected chi connectivity index (χ0v) is 31.1. The third kappa shape index (κ3) is 7.77. The lowest BCUT2D eigenvalue weighted by Crippen LogP contribution is -2.12. The Hall–Kier alpha value is -7.80. The first-order valence-corrected chi connectivity index (χ1v) is 18.1. The average Bonchev–Trinajstić information content (AvgIpc) is 3.27. The molecule has 0 aliphatic carbocycles. The van der Waals surface area contributed by atoms with Gasteiger partial charge in [0.2, 0.25) is 0 Å². The molecule has 0 fully saturated rings. The van der Waals surface area contributed by atoms with Gasteiger partial charge in [-0.15, -0.1) is 0 Å². The van der Waals surface area contributed by atoms with Gasteiger partial charge in [0, 0.05) is 11.4 Å². The molecule has 0 aliphatic heterocycles. The lowest BCUT2D eigenvalue weighted by Gasteiger charge is -2.28. The minimum absolute atomic E-state index is 0.454. The van der Waals surface area contributed by atoms with Crippen molar-refractivity contribution in [3.63, 3.8) is 0 Å². The van der Waals surface area contributed by atoms with Gasteiger partial charge in [0.05, 0.1) is 60.2 Å². The van der Waals surface area contributed by atoms with Gasteiger partial charge in [-0.05, 0) is 95.1 Å². The van der Waals surface area contributed by atoms with E-state index < -0.39 is 0 Å². The van der Waals surface area contributed by atoms with E-state index in [2.05, 4.69) is 58.3 Å². The number of anilines is 6. The second-order valence-corrected chi connectivity index (χ2v) is 12.7. The highest BCUT2D eigenvalue weighted by Crippen LogP contribution is 2.43. The zero-order valence-electron chi connectivity index (χ0n) is 31.1. The number of methoxy groups -OCH3 is 2. The number of nitriles is 2. The number of nitrogens with zero attached hydrogens (tertiary/aromatic N) is 4. The summed E-state index contributed by atoms with van der Waals surface area (Å²) in [5.74, 6) is 1.47. The first-order chi connectivity index (χ1) is 27.6. The van der Waals surface area contributed by atoms with Gasteiger partial charge in [0.1, 0.15) is 11.5 Å². The van der Waals surface area contributed by atoms with Crippen molar-refractivity contribution in [3.05, 3.63) is 203 Å². The van der Waals surface area contributed by atoms with Crippen molar-refractivity contribution in [2.45, 2.75) is 0 Å². The molecule has 0 unspecified atom stereocenters. The standard InChI is InChI=1S/C50H38N4O2/c1-55-49-27-15-13-25-47(49)53(43-19-5-3-6-20-43)45-23-11-9-17-37(45)29-31-39-33-42(36-52)40(34-41(39)35-51)32-30-38-18-10-12-24-46(38)54(44-21-7-4-8-22-44)48-26-14-16-28-50(48)56-2/h3-34H,1-2H3/b31-29+,32-30+. The fraction of sp³-hybridized carbons (Fsp3) is 0.0400. The van der Waals surface area contributed by atoms with Crippen LogP contribution < -0.4 is 19.3 Å². The number of para-hydroxylation sites is 8. The molecule has 6 heteroatoms. The van der Waals surface area contributed by atoms with Gasteiger partial charge in [-0.3, -0.25) is 0 Å². The van der Waals surface area contributed by atoms with E-state index in [-0.39, 0.29) is 0 Å². The van der Waals surface area contributed by atoms with Crippen LogP contribution in [0, 0.1) is 22.7 Å². The van der Waals surface area contributed by atoms with Gasteiger partial charge >= 0.3 is 0 Å². The molecule has 0 atom stereocenters. The summed E-state index contributed by atoms with van der Waals surface area (Å²) in [5.41, 5.74) is 9.60. The monoisotopic (exact) mass is 726 g/mol. The van der Waals surface area contributed by atoms with E-state index in [4.69, 9.17) is 9.47 Å². The molecule has 0 aliphatic rings. The number of hydrogen-bond donors (Lipinski definition) is 0. The van der Waals surface area contributed by atoms with Crippen LogP contribution in [-0.4, -0.2) is 14.2 Å². The Bertz CT molecular complexity index is 2420. The fourth-order valence-electron chi connectivity index (χ4n) is 6.72. The summed E-state index contributed by atoms with van der Waals surface area (Å²) in [5, 5.41) is 20.7. The molecule has 0 saturated heterocycles. The Labute approximate surface area is 328 Å². The van der Waals surface area contributed by atoms with Crippen molar-refractivity contribution in [1.82, 2.24) is 0 Å². The summed E-state index contributed by atoms with van der Waals surface area (Å²) in [4.78, 5) is 4.31. The quantitative estimate of drug-likeness (QED) is 0.117. The summed E-state index contributed by atoms with van der Waals surface area (Å²) < 4.78 is 11.6. The highest BCUT2D eigenvalue weighted by Gasteiger charge is 2.20. The van der Waals surface area contributed by atoms with Crippen molar-refractivity contribution >= 4 is 58.4 Å². The largest absolute Gasteiger partial charge is 0.495 e. The molecule has 0 bridgehead atoms. The van der Waals surface area contributed by atoms with E-state index in [1.165, 1.54) is 0 Å². The van der Waals surface area contributed by atoms with Crippen LogP contribution in [0.2, 0.25) is 0 Å². The number of benzene rings is 7. The third-order valence-electron chi connectivity index (χ3n) is 9.38. The molecular weight excluding hydrogens is 689 g/mol. The Morgan fingerprint density at radius 1 is 0.393 bits per heavy atom. The van der Waals surface area contributed by atoms with Crippen LogP contribution in [0.4, 0.5) is 34.1 Å². The van der Waals surface area contributed by atoms with Crippen molar-refractivity contribution in [1.29, 1.82) is 10.5 Å². The van der Waals surface area contributed by atoms with Gasteiger partial charge in [0.25, 0.3) is 0 Å². The predicted octanol–water partition coefficient (Wildman–Crippen LogP) is 12.7. The van der Waals surface area contributed by atoms with Crippen LogP contribution in [-0.2, 0) is 0 Å². The Morgan fingerprint density at radius 2 is 0.714 bits per heavy atom. The normalized spacial score (nSPS) is 10.9. The number of rotatable bonds is 12. The first-order valence-electron chi connectivity index (χ1n) is 18.1. The van der Waals surface area contributed by atoms with E-state index in [0.29, 0.717) is 22.3 Å². The molecule has 0 N–H and O–H groups in total. The van der Waals surface area contributed by atoms with E-state index in [9.17, 15) is 10.5 Å². The smallest absolute Gasteiger partial charge is 0.142 e. The molecule has 0 spiro atoms. The molecule has 0 amide bonds. The van der Waals surface area contributed by atoms with Crippen molar-refractivity contribution in [3.8, 4) is 23.6 Å². The van der Waals surface area contributed by atoms with Gasteiger partial charge in [-0.1, -0.05) is 121 Å². The summed E-state index contributed by atoms with van der Waals surface area (Å²) in [7, 11) is 3.34. The molecular formula is C50H38N4O2. The number of hydrogen-bond acceptors (Lipinski definition) is 6. The minimum atomic E-state index is 0.454. The SMILES string of the molecule is COc1ccccc1N(c1ccccc1)c1ccccc1/C=C/c1cc(C#N)c(/C=C/c2ccccc2N(c2ccccc2)c2ccccc2OC)cc1C#N. The summed E-state index contributed by atoms with van der Waals surface area (Å²) in [6, 6.07) is 60.5. The van der Waals surface area contributed by atoms with Crippen LogP contribution in [0.1, 0.15) is 33.4 Å². The Kier molecular flexibility index (Phi) is 11.3. The first kappa shape index (κ1) is 36.6. The van der Waals surface area contributed by atoms with Crippen molar-refractivity contribution in [2.75, 3.05) is 24.0 Å². The van der Waals surface area contributed by atoms with Gasteiger partial charge in [-0.25, -0.2) is 0 Å². The summed E-state index contributed by atoms with van der Waals surface area (Å²) >= 11 is 0. The van der Waals surface area contributed by atoms with Gasteiger partial charge in [0.15, 0.2) is 0 Å². The maximum absolute atomic E-state index is 10.4. The van der Waals surface area contributed by atoms with E-state index >= 15 is 0 Å². The maximum atomic E-state index is 10.4. The van der Waals surface area contributed by atoms with Crippen LogP contribution in [0.3, 0.4) is 0 Å². The lowest BCUT2D eigenvalue weighted by molar-refractivity contribution is 0.416. The Morgan fingerprint density at radius 3 is 1.09 bits per heavy atom. The van der Waals surface area contributed by atoms with Crippen molar-refractivity contribution in [2.24, 2.45) is 0 Å².